The standard InChI is InChI=1S/C16H10Br2FNO/c17-10-5-6-13(19)11(8-10)16(21)15-12(18)7-9-3-1-2-4-14(9)20-15/h1-8,16,21H. The van der Waals surface area contributed by atoms with Crippen LogP contribution in [-0.2, 0) is 0 Å². The average Bonchev–Trinajstić information content (AvgIpc) is 2.48. The topological polar surface area (TPSA) is 33.1 Å². The molecule has 1 aromatic heterocycles. The Balaban J connectivity index is 2.14. The van der Waals surface area contributed by atoms with Gasteiger partial charge in [-0.15, -0.1) is 0 Å². The second kappa shape index (κ2) is 5.83. The van der Waals surface area contributed by atoms with Gasteiger partial charge in [0.1, 0.15) is 11.9 Å². The highest BCUT2D eigenvalue weighted by molar-refractivity contribution is 9.10. The first kappa shape index (κ1) is 14.6. The van der Waals surface area contributed by atoms with Gasteiger partial charge in [0.25, 0.3) is 0 Å². The van der Waals surface area contributed by atoms with E-state index < -0.39 is 11.9 Å². The van der Waals surface area contributed by atoms with Crippen molar-refractivity contribution < 1.29 is 9.50 Å². The zero-order valence-electron chi connectivity index (χ0n) is 10.7. The van der Waals surface area contributed by atoms with Gasteiger partial charge in [0.15, 0.2) is 0 Å². The highest BCUT2D eigenvalue weighted by atomic mass is 79.9. The Morgan fingerprint density at radius 1 is 1.05 bits per heavy atom. The monoisotopic (exact) mass is 409 g/mol. The number of fused-ring (bicyclic) bond motifs is 1. The lowest BCUT2D eigenvalue weighted by molar-refractivity contribution is 0.209. The highest BCUT2D eigenvalue weighted by Gasteiger charge is 2.20. The number of nitrogens with zero attached hydrogens (tertiary/aromatic N) is 1. The molecule has 5 heteroatoms. The molecule has 0 saturated heterocycles. The molecule has 3 aromatic rings. The van der Waals surface area contributed by atoms with Gasteiger partial charge in [0, 0.05) is 19.9 Å². The van der Waals surface area contributed by atoms with Gasteiger partial charge in [-0.05, 0) is 46.3 Å². The molecule has 21 heavy (non-hydrogen) atoms. The van der Waals surface area contributed by atoms with E-state index in [2.05, 4.69) is 36.8 Å². The number of aliphatic hydroxyl groups is 1. The van der Waals surface area contributed by atoms with E-state index >= 15 is 0 Å². The van der Waals surface area contributed by atoms with Crippen LogP contribution in [0.3, 0.4) is 0 Å². The molecule has 0 amide bonds. The fraction of sp³-hybridized carbons (Fsp3) is 0.0625. The molecular formula is C16H10Br2FNO. The number of aromatic nitrogens is 1. The van der Waals surface area contributed by atoms with Crippen LogP contribution >= 0.6 is 31.9 Å². The first-order valence-electron chi connectivity index (χ1n) is 6.24. The molecule has 1 unspecified atom stereocenters. The van der Waals surface area contributed by atoms with Gasteiger partial charge in [0.2, 0.25) is 0 Å². The van der Waals surface area contributed by atoms with Crippen molar-refractivity contribution in [3.63, 3.8) is 0 Å². The lowest BCUT2D eigenvalue weighted by atomic mass is 10.0. The number of hydrogen-bond donors (Lipinski definition) is 1. The minimum atomic E-state index is -1.14. The number of benzene rings is 2. The number of rotatable bonds is 2. The van der Waals surface area contributed by atoms with Crippen LogP contribution in [0.2, 0.25) is 0 Å². The van der Waals surface area contributed by atoms with Crippen LogP contribution in [-0.4, -0.2) is 10.1 Å². The zero-order chi connectivity index (χ0) is 15.0. The van der Waals surface area contributed by atoms with E-state index in [1.165, 1.54) is 6.07 Å². The predicted octanol–water partition coefficient (Wildman–Crippen LogP) is 4.98. The fourth-order valence-corrected chi connectivity index (χ4v) is 3.10. The largest absolute Gasteiger partial charge is 0.382 e. The van der Waals surface area contributed by atoms with E-state index in [1.54, 1.807) is 12.1 Å². The van der Waals surface area contributed by atoms with Crippen molar-refractivity contribution >= 4 is 42.8 Å². The number of hydrogen-bond acceptors (Lipinski definition) is 2. The Morgan fingerprint density at radius 3 is 2.62 bits per heavy atom. The van der Waals surface area contributed by atoms with E-state index in [-0.39, 0.29) is 5.56 Å². The number of para-hydroxylation sites is 1. The summed E-state index contributed by atoms with van der Waals surface area (Å²) in [6.45, 7) is 0. The molecule has 0 aliphatic carbocycles. The normalized spacial score (nSPS) is 12.6. The van der Waals surface area contributed by atoms with E-state index in [0.29, 0.717) is 14.6 Å². The SMILES string of the molecule is OC(c1cc(Br)ccc1F)c1nc2ccccc2cc1Br. The van der Waals surface area contributed by atoms with Crippen molar-refractivity contribution in [2.75, 3.05) is 0 Å². The molecule has 0 saturated carbocycles. The summed E-state index contributed by atoms with van der Waals surface area (Å²) in [6, 6.07) is 13.9. The van der Waals surface area contributed by atoms with Gasteiger partial charge < -0.3 is 5.11 Å². The van der Waals surface area contributed by atoms with Crippen LogP contribution in [0.1, 0.15) is 17.4 Å². The van der Waals surface area contributed by atoms with Crippen LogP contribution in [0, 0.1) is 5.82 Å². The molecular weight excluding hydrogens is 401 g/mol. The van der Waals surface area contributed by atoms with Crippen LogP contribution in [0.4, 0.5) is 4.39 Å². The van der Waals surface area contributed by atoms with Crippen molar-refractivity contribution in [3.05, 3.63) is 74.6 Å². The van der Waals surface area contributed by atoms with Gasteiger partial charge in [-0.2, -0.15) is 0 Å². The van der Waals surface area contributed by atoms with E-state index in [0.717, 1.165) is 10.9 Å². The number of pyridine rings is 1. The van der Waals surface area contributed by atoms with Crippen molar-refractivity contribution in [3.8, 4) is 0 Å². The van der Waals surface area contributed by atoms with Gasteiger partial charge in [0.05, 0.1) is 11.2 Å². The zero-order valence-corrected chi connectivity index (χ0v) is 13.9. The summed E-state index contributed by atoms with van der Waals surface area (Å²) in [4.78, 5) is 4.44. The van der Waals surface area contributed by atoms with Gasteiger partial charge in [-0.25, -0.2) is 9.37 Å². The van der Waals surface area contributed by atoms with Crippen LogP contribution in [0.25, 0.3) is 10.9 Å². The van der Waals surface area contributed by atoms with Crippen LogP contribution in [0.15, 0.2) is 57.5 Å². The van der Waals surface area contributed by atoms with E-state index in [4.69, 9.17) is 0 Å². The summed E-state index contributed by atoms with van der Waals surface area (Å²) in [6.07, 6.45) is -1.14. The molecule has 2 aromatic carbocycles. The second-order valence-electron chi connectivity index (χ2n) is 4.62. The van der Waals surface area contributed by atoms with Gasteiger partial charge in [-0.3, -0.25) is 0 Å². The average molecular weight is 411 g/mol. The summed E-state index contributed by atoms with van der Waals surface area (Å²) < 4.78 is 15.3. The maximum atomic E-state index is 13.9. The van der Waals surface area contributed by atoms with Gasteiger partial charge in [-0.1, -0.05) is 34.1 Å². The van der Waals surface area contributed by atoms with E-state index in [9.17, 15) is 9.50 Å². The molecule has 3 rings (SSSR count). The number of halogens is 3. The van der Waals surface area contributed by atoms with Crippen LogP contribution < -0.4 is 0 Å². The molecule has 1 atom stereocenters. The molecule has 2 nitrogen and oxygen atoms in total. The molecule has 0 radical (unpaired) electrons. The Bertz CT molecular complexity index is 822. The smallest absolute Gasteiger partial charge is 0.129 e. The fourth-order valence-electron chi connectivity index (χ4n) is 2.17. The third kappa shape index (κ3) is 2.86. The predicted molar refractivity (Wildman–Crippen MR) is 87.6 cm³/mol. The molecule has 1 heterocycles. The van der Waals surface area contributed by atoms with E-state index in [1.807, 2.05) is 30.3 Å². The summed E-state index contributed by atoms with van der Waals surface area (Å²) in [7, 11) is 0. The first-order valence-corrected chi connectivity index (χ1v) is 7.83. The molecule has 0 aliphatic rings. The van der Waals surface area contributed by atoms with Crippen molar-refractivity contribution in [1.29, 1.82) is 0 Å². The third-order valence-corrected chi connectivity index (χ3v) is 4.34. The Hall–Kier alpha value is -1.30. The Kier molecular flexibility index (Phi) is 4.06. The van der Waals surface area contributed by atoms with Crippen molar-refractivity contribution in [2.24, 2.45) is 0 Å². The van der Waals surface area contributed by atoms with Gasteiger partial charge >= 0.3 is 0 Å². The van der Waals surface area contributed by atoms with Crippen molar-refractivity contribution in [2.45, 2.75) is 6.10 Å². The molecule has 1 N–H and O–H groups in total. The summed E-state index contributed by atoms with van der Waals surface area (Å²) in [5.74, 6) is -0.465. The minimum absolute atomic E-state index is 0.188. The summed E-state index contributed by atoms with van der Waals surface area (Å²) >= 11 is 6.69. The maximum absolute atomic E-state index is 13.9. The first-order chi connectivity index (χ1) is 10.1. The quantitative estimate of drug-likeness (QED) is 0.646. The highest BCUT2D eigenvalue weighted by Crippen LogP contribution is 2.32. The minimum Gasteiger partial charge on any atom is -0.382 e. The summed E-state index contributed by atoms with van der Waals surface area (Å²) in [5.41, 5.74) is 1.34. The maximum Gasteiger partial charge on any atom is 0.129 e. The Morgan fingerprint density at radius 2 is 1.81 bits per heavy atom. The van der Waals surface area contributed by atoms with Crippen molar-refractivity contribution in [1.82, 2.24) is 4.98 Å². The molecule has 106 valence electrons. The van der Waals surface area contributed by atoms with Crippen LogP contribution in [0.5, 0.6) is 0 Å². The lowest BCUT2D eigenvalue weighted by Crippen LogP contribution is -2.06. The molecule has 0 aliphatic heterocycles. The third-order valence-electron chi connectivity index (χ3n) is 3.22. The lowest BCUT2D eigenvalue weighted by Gasteiger charge is -2.14. The molecule has 0 spiro atoms. The molecule has 0 bridgehead atoms. The second-order valence-corrected chi connectivity index (χ2v) is 6.39. The number of aliphatic hydroxyl groups excluding tert-OH is 1. The molecule has 0 fully saturated rings. The summed E-state index contributed by atoms with van der Waals surface area (Å²) in [5, 5.41) is 11.4. The Labute approximate surface area is 137 Å².